The second-order valence-electron chi connectivity index (χ2n) is 6.78. The zero-order chi connectivity index (χ0) is 20.5. The number of carbonyl (C=O) groups excluding carboxylic acids is 1. The van der Waals surface area contributed by atoms with Gasteiger partial charge in [0.2, 0.25) is 6.79 Å². The quantitative estimate of drug-likeness (QED) is 0.613. The Morgan fingerprint density at radius 2 is 1.93 bits per heavy atom. The third-order valence-electron chi connectivity index (χ3n) is 5.04. The fourth-order valence-electron chi connectivity index (χ4n) is 3.40. The maximum absolute atomic E-state index is 13.1. The first-order valence-corrected chi connectivity index (χ1v) is 9.95. The monoisotopic (exact) mass is 411 g/mol. The van der Waals surface area contributed by atoms with Gasteiger partial charge in [-0.15, -0.1) is 0 Å². The number of rotatable bonds is 5. The number of hydrogen-bond acceptors (Lipinski definition) is 4. The lowest BCUT2D eigenvalue weighted by molar-refractivity contribution is 0.0993. The summed E-state index contributed by atoms with van der Waals surface area (Å²) in [6.45, 7) is 4.27. The molecular weight excluding hydrogens is 390 g/mol. The van der Waals surface area contributed by atoms with Crippen LogP contribution in [0.3, 0.4) is 0 Å². The lowest BCUT2D eigenvalue weighted by Gasteiger charge is -2.18. The van der Waals surface area contributed by atoms with Crippen LogP contribution < -0.4 is 14.4 Å². The van der Waals surface area contributed by atoms with E-state index in [1.165, 1.54) is 0 Å². The van der Waals surface area contributed by atoms with E-state index in [1.54, 1.807) is 24.1 Å². The second kappa shape index (κ2) is 7.79. The highest BCUT2D eigenvalue weighted by Gasteiger charge is 2.20. The van der Waals surface area contributed by atoms with Gasteiger partial charge in [0.1, 0.15) is 0 Å². The first-order valence-electron chi connectivity index (χ1n) is 9.57. The maximum Gasteiger partial charge on any atom is 0.258 e. The molecule has 1 aliphatic rings. The van der Waals surface area contributed by atoms with Crippen molar-refractivity contribution in [3.63, 3.8) is 0 Å². The molecule has 1 amide bonds. The van der Waals surface area contributed by atoms with Crippen molar-refractivity contribution in [2.24, 2.45) is 0 Å². The van der Waals surface area contributed by atoms with Crippen LogP contribution in [0.25, 0.3) is 5.69 Å². The highest BCUT2D eigenvalue weighted by atomic mass is 35.5. The fraction of sp³-hybridized carbons (Fsp3) is 0.273. The predicted octanol–water partition coefficient (Wildman–Crippen LogP) is 4.66. The van der Waals surface area contributed by atoms with Gasteiger partial charge in [0.05, 0.1) is 22.1 Å². The van der Waals surface area contributed by atoms with Gasteiger partial charge in [-0.2, -0.15) is 5.10 Å². The van der Waals surface area contributed by atoms with Crippen LogP contribution in [0.15, 0.2) is 42.5 Å². The van der Waals surface area contributed by atoms with Gasteiger partial charge in [-0.1, -0.05) is 31.5 Å². The molecule has 0 unspecified atom stereocenters. The van der Waals surface area contributed by atoms with E-state index in [9.17, 15) is 4.79 Å². The number of carbonyl (C=O) groups is 1. The van der Waals surface area contributed by atoms with Crippen LogP contribution in [-0.4, -0.2) is 29.5 Å². The van der Waals surface area contributed by atoms with Gasteiger partial charge < -0.3 is 14.4 Å². The number of benzene rings is 2. The number of hydrogen-bond donors (Lipinski definition) is 0. The second-order valence-corrected chi connectivity index (χ2v) is 7.16. The summed E-state index contributed by atoms with van der Waals surface area (Å²) in [7, 11) is 1.74. The lowest BCUT2D eigenvalue weighted by Crippen LogP contribution is -2.26. The molecule has 150 valence electrons. The highest BCUT2D eigenvalue weighted by Crippen LogP contribution is 2.35. The van der Waals surface area contributed by atoms with Crippen molar-refractivity contribution in [2.45, 2.75) is 26.7 Å². The minimum Gasteiger partial charge on any atom is -0.454 e. The van der Waals surface area contributed by atoms with Crippen molar-refractivity contribution >= 4 is 23.2 Å². The van der Waals surface area contributed by atoms with Crippen LogP contribution in [0.2, 0.25) is 5.02 Å². The molecule has 7 heteroatoms. The minimum atomic E-state index is -0.127. The van der Waals surface area contributed by atoms with Crippen LogP contribution in [-0.2, 0) is 12.8 Å². The Hall–Kier alpha value is -2.99. The van der Waals surface area contributed by atoms with Gasteiger partial charge in [0.25, 0.3) is 5.91 Å². The largest absolute Gasteiger partial charge is 0.454 e. The van der Waals surface area contributed by atoms with E-state index in [0.29, 0.717) is 22.1 Å². The molecule has 0 spiro atoms. The zero-order valence-corrected chi connectivity index (χ0v) is 17.4. The standard InChI is InChI=1S/C22H22ClN3O3/c1-4-17-21(23)18(5-2)26(24-17)16-8-6-7-14(11-16)22(27)25(3)15-9-10-19-20(12-15)29-13-28-19/h6-12H,4-5,13H2,1-3H3. The third-order valence-corrected chi connectivity index (χ3v) is 5.47. The molecule has 3 aromatic rings. The van der Waals surface area contributed by atoms with Crippen molar-refractivity contribution in [3.8, 4) is 17.2 Å². The number of amides is 1. The molecule has 0 radical (unpaired) electrons. The van der Waals surface area contributed by atoms with Crippen LogP contribution in [0, 0.1) is 0 Å². The first kappa shape index (κ1) is 19.3. The molecule has 0 saturated heterocycles. The fourth-order valence-corrected chi connectivity index (χ4v) is 3.79. The number of nitrogens with zero attached hydrogens (tertiary/aromatic N) is 3. The van der Waals surface area contributed by atoms with E-state index in [4.69, 9.17) is 21.1 Å². The number of aryl methyl sites for hydroxylation is 1. The highest BCUT2D eigenvalue weighted by molar-refractivity contribution is 6.32. The summed E-state index contributed by atoms with van der Waals surface area (Å²) in [4.78, 5) is 14.7. The molecule has 4 rings (SSSR count). The molecule has 0 bridgehead atoms. The van der Waals surface area contributed by atoms with Crippen molar-refractivity contribution in [1.82, 2.24) is 9.78 Å². The molecule has 1 aliphatic heterocycles. The Kier molecular flexibility index (Phi) is 5.20. The summed E-state index contributed by atoms with van der Waals surface area (Å²) in [5.74, 6) is 1.20. The van der Waals surface area contributed by atoms with E-state index < -0.39 is 0 Å². The molecule has 2 heterocycles. The van der Waals surface area contributed by atoms with Crippen LogP contribution in [0.1, 0.15) is 35.6 Å². The van der Waals surface area contributed by atoms with Gasteiger partial charge in [-0.3, -0.25) is 4.79 Å². The number of halogens is 1. The molecule has 0 saturated carbocycles. The smallest absolute Gasteiger partial charge is 0.258 e. The number of fused-ring (bicyclic) bond motifs is 1. The molecule has 0 atom stereocenters. The first-order chi connectivity index (χ1) is 14.0. The Balaban J connectivity index is 1.66. The number of ether oxygens (including phenoxy) is 2. The molecule has 0 aliphatic carbocycles. The molecule has 1 aromatic heterocycles. The van der Waals surface area contributed by atoms with Crippen LogP contribution >= 0.6 is 11.6 Å². The van der Waals surface area contributed by atoms with E-state index >= 15 is 0 Å². The predicted molar refractivity (Wildman–Crippen MR) is 113 cm³/mol. The Bertz CT molecular complexity index is 1080. The molecule has 0 fully saturated rings. The van der Waals surface area contributed by atoms with Gasteiger partial charge in [-0.25, -0.2) is 4.68 Å². The van der Waals surface area contributed by atoms with Crippen LogP contribution in [0.5, 0.6) is 11.5 Å². The van der Waals surface area contributed by atoms with Crippen molar-refractivity contribution < 1.29 is 14.3 Å². The summed E-state index contributed by atoms with van der Waals surface area (Å²) < 4.78 is 12.6. The van der Waals surface area contributed by atoms with Gasteiger partial charge in [-0.05, 0) is 43.2 Å². The Labute approximate surface area is 174 Å². The Morgan fingerprint density at radius 3 is 2.69 bits per heavy atom. The molecular formula is C22H22ClN3O3. The number of anilines is 1. The van der Waals surface area contributed by atoms with Crippen molar-refractivity contribution in [2.75, 3.05) is 18.7 Å². The van der Waals surface area contributed by atoms with Gasteiger partial charge in [0.15, 0.2) is 11.5 Å². The molecule has 0 N–H and O–H groups in total. The molecule has 2 aromatic carbocycles. The van der Waals surface area contributed by atoms with E-state index in [2.05, 4.69) is 5.10 Å². The van der Waals surface area contributed by atoms with E-state index in [0.717, 1.165) is 35.6 Å². The van der Waals surface area contributed by atoms with E-state index in [1.807, 2.05) is 48.9 Å². The average molecular weight is 412 g/mol. The van der Waals surface area contributed by atoms with E-state index in [-0.39, 0.29) is 12.7 Å². The zero-order valence-electron chi connectivity index (χ0n) is 16.6. The Morgan fingerprint density at radius 1 is 1.14 bits per heavy atom. The molecule has 6 nitrogen and oxygen atoms in total. The third kappa shape index (κ3) is 3.44. The summed E-state index contributed by atoms with van der Waals surface area (Å²) in [5, 5.41) is 5.34. The summed E-state index contributed by atoms with van der Waals surface area (Å²) in [6, 6.07) is 12.9. The summed E-state index contributed by atoms with van der Waals surface area (Å²) in [6.07, 6.45) is 1.51. The van der Waals surface area contributed by atoms with Gasteiger partial charge in [0, 0.05) is 24.4 Å². The van der Waals surface area contributed by atoms with Crippen molar-refractivity contribution in [3.05, 3.63) is 64.4 Å². The maximum atomic E-state index is 13.1. The SMILES string of the molecule is CCc1nn(-c2cccc(C(=O)N(C)c3ccc4c(c3)OCO4)c2)c(CC)c1Cl. The lowest BCUT2D eigenvalue weighted by atomic mass is 10.1. The average Bonchev–Trinajstić information content (AvgIpc) is 3.35. The number of aromatic nitrogens is 2. The van der Waals surface area contributed by atoms with Gasteiger partial charge >= 0.3 is 0 Å². The molecule has 29 heavy (non-hydrogen) atoms. The summed E-state index contributed by atoms with van der Waals surface area (Å²) in [5.41, 5.74) is 3.91. The summed E-state index contributed by atoms with van der Waals surface area (Å²) >= 11 is 6.48. The van der Waals surface area contributed by atoms with Crippen LogP contribution in [0.4, 0.5) is 5.69 Å². The topological polar surface area (TPSA) is 56.6 Å². The minimum absolute atomic E-state index is 0.127. The normalized spacial score (nSPS) is 12.3. The van der Waals surface area contributed by atoms with Crippen molar-refractivity contribution in [1.29, 1.82) is 0 Å².